The molecule has 138 valence electrons. The minimum absolute atomic E-state index is 0.112. The fourth-order valence-electron chi connectivity index (χ4n) is 3.21. The molecule has 0 amide bonds. The van der Waals surface area contributed by atoms with Crippen molar-refractivity contribution in [2.24, 2.45) is 0 Å². The van der Waals surface area contributed by atoms with E-state index in [1.165, 1.54) is 0 Å². The number of nitrogens with one attached hydrogen (secondary N) is 1. The van der Waals surface area contributed by atoms with E-state index in [0.29, 0.717) is 17.8 Å². The van der Waals surface area contributed by atoms with E-state index in [-0.39, 0.29) is 24.6 Å². The van der Waals surface area contributed by atoms with Gasteiger partial charge in [0.05, 0.1) is 24.4 Å². The van der Waals surface area contributed by atoms with Gasteiger partial charge in [-0.15, -0.1) is 0 Å². The molecule has 2 atom stereocenters. The maximum atomic E-state index is 12.1. The van der Waals surface area contributed by atoms with Gasteiger partial charge in [-0.3, -0.25) is 9.78 Å². The van der Waals surface area contributed by atoms with Crippen LogP contribution < -0.4 is 5.32 Å². The molecule has 3 heterocycles. The molecule has 0 saturated carbocycles. The van der Waals surface area contributed by atoms with Crippen molar-refractivity contribution in [1.82, 2.24) is 19.8 Å². The van der Waals surface area contributed by atoms with Gasteiger partial charge in [0.2, 0.25) is 0 Å². The summed E-state index contributed by atoms with van der Waals surface area (Å²) in [6.07, 6.45) is 5.93. The highest BCUT2D eigenvalue weighted by Gasteiger charge is 2.41. The van der Waals surface area contributed by atoms with Gasteiger partial charge in [-0.05, 0) is 56.8 Å². The van der Waals surface area contributed by atoms with E-state index in [2.05, 4.69) is 47.2 Å². The number of thiocarbonyl (C=S) groups is 1. The van der Waals surface area contributed by atoms with Gasteiger partial charge in [0.1, 0.15) is 6.54 Å². The zero-order valence-corrected chi connectivity index (χ0v) is 16.1. The molecule has 1 saturated heterocycles. The zero-order valence-electron chi connectivity index (χ0n) is 15.3. The third-order valence-electron chi connectivity index (χ3n) is 4.48. The lowest BCUT2D eigenvalue weighted by molar-refractivity contribution is -0.143. The van der Waals surface area contributed by atoms with Gasteiger partial charge in [-0.2, -0.15) is 0 Å². The van der Waals surface area contributed by atoms with Crippen molar-refractivity contribution in [3.8, 4) is 0 Å². The van der Waals surface area contributed by atoms with Gasteiger partial charge >= 0.3 is 5.97 Å². The minimum atomic E-state index is -0.286. The molecule has 0 spiro atoms. The molecule has 0 aliphatic carbocycles. The van der Waals surface area contributed by atoms with Crippen molar-refractivity contribution in [1.29, 1.82) is 0 Å². The largest absolute Gasteiger partial charge is 0.465 e. The Labute approximate surface area is 159 Å². The number of aromatic nitrogens is 2. The Balaban J connectivity index is 1.96. The van der Waals surface area contributed by atoms with Crippen LogP contribution in [0.3, 0.4) is 0 Å². The van der Waals surface area contributed by atoms with Crippen LogP contribution in [0.25, 0.3) is 0 Å². The van der Waals surface area contributed by atoms with Gasteiger partial charge in [0.15, 0.2) is 5.11 Å². The number of nitrogens with zero attached hydrogens (tertiary/aromatic N) is 3. The SMILES string of the molecule is CCOC(=O)CN1C(=S)N[C@H](c2ccccn2)[C@H]1c1ccn(C(C)C)c1. The maximum Gasteiger partial charge on any atom is 0.325 e. The van der Waals surface area contributed by atoms with Crippen LogP contribution in [0.5, 0.6) is 0 Å². The van der Waals surface area contributed by atoms with Crippen molar-refractivity contribution < 1.29 is 9.53 Å². The Morgan fingerprint density at radius 2 is 2.19 bits per heavy atom. The Kier molecular flexibility index (Phi) is 5.56. The zero-order chi connectivity index (χ0) is 18.7. The second kappa shape index (κ2) is 7.86. The number of pyridine rings is 1. The van der Waals surface area contributed by atoms with Gasteiger partial charge < -0.3 is 19.5 Å². The highest BCUT2D eigenvalue weighted by molar-refractivity contribution is 7.80. The van der Waals surface area contributed by atoms with E-state index in [4.69, 9.17) is 17.0 Å². The van der Waals surface area contributed by atoms with Gasteiger partial charge in [-0.1, -0.05) is 6.07 Å². The lowest BCUT2D eigenvalue weighted by Gasteiger charge is -2.26. The number of carbonyl (C=O) groups is 1. The summed E-state index contributed by atoms with van der Waals surface area (Å²) in [5.74, 6) is -0.286. The number of hydrogen-bond acceptors (Lipinski definition) is 4. The van der Waals surface area contributed by atoms with Crippen molar-refractivity contribution in [3.05, 3.63) is 54.1 Å². The first-order chi connectivity index (χ1) is 12.5. The number of hydrogen-bond donors (Lipinski definition) is 1. The van der Waals surface area contributed by atoms with E-state index in [1.54, 1.807) is 13.1 Å². The van der Waals surface area contributed by atoms with Crippen molar-refractivity contribution >= 4 is 23.3 Å². The number of rotatable bonds is 6. The smallest absolute Gasteiger partial charge is 0.325 e. The summed E-state index contributed by atoms with van der Waals surface area (Å²) in [6, 6.07) is 8.00. The van der Waals surface area contributed by atoms with E-state index < -0.39 is 0 Å². The molecule has 1 N–H and O–H groups in total. The first-order valence-corrected chi connectivity index (χ1v) is 9.23. The standard InChI is InChI=1S/C19H24N4O2S/c1-4-25-16(24)12-23-18(14-8-10-22(11-14)13(2)3)17(21-19(23)26)15-7-5-6-9-20-15/h5-11,13,17-18H,4,12H2,1-3H3,(H,21,26)/t17-,18-/m1/s1. The summed E-state index contributed by atoms with van der Waals surface area (Å²) < 4.78 is 7.28. The quantitative estimate of drug-likeness (QED) is 0.621. The Morgan fingerprint density at radius 1 is 1.38 bits per heavy atom. The maximum absolute atomic E-state index is 12.1. The summed E-state index contributed by atoms with van der Waals surface area (Å²) in [5.41, 5.74) is 1.98. The van der Waals surface area contributed by atoms with Crippen LogP contribution >= 0.6 is 12.2 Å². The number of esters is 1. The lowest BCUT2D eigenvalue weighted by Crippen LogP contribution is -2.35. The molecule has 7 heteroatoms. The van der Waals surface area contributed by atoms with Crippen molar-refractivity contribution in [2.75, 3.05) is 13.2 Å². The molecular formula is C19H24N4O2S. The molecule has 0 aromatic carbocycles. The van der Waals surface area contributed by atoms with Crippen molar-refractivity contribution in [3.63, 3.8) is 0 Å². The topological polar surface area (TPSA) is 59.4 Å². The van der Waals surface area contributed by atoms with E-state index >= 15 is 0 Å². The van der Waals surface area contributed by atoms with Gasteiger partial charge in [-0.25, -0.2) is 0 Å². The van der Waals surface area contributed by atoms with Crippen LogP contribution in [-0.2, 0) is 9.53 Å². The molecule has 2 aromatic heterocycles. The van der Waals surface area contributed by atoms with Crippen LogP contribution in [0.15, 0.2) is 42.9 Å². The van der Waals surface area contributed by atoms with Crippen LogP contribution in [-0.4, -0.2) is 38.7 Å². The molecule has 0 radical (unpaired) electrons. The molecule has 0 bridgehead atoms. The van der Waals surface area contributed by atoms with Gasteiger partial charge in [0.25, 0.3) is 0 Å². The second-order valence-corrected chi connectivity index (χ2v) is 6.93. The van der Waals surface area contributed by atoms with Crippen LogP contribution in [0.4, 0.5) is 0 Å². The molecule has 1 aliphatic heterocycles. The Hall–Kier alpha value is -2.41. The average Bonchev–Trinajstić information content (AvgIpc) is 3.22. The third-order valence-corrected chi connectivity index (χ3v) is 4.83. The second-order valence-electron chi connectivity index (χ2n) is 6.55. The van der Waals surface area contributed by atoms with E-state index in [0.717, 1.165) is 11.3 Å². The van der Waals surface area contributed by atoms with Crippen molar-refractivity contribution in [2.45, 2.75) is 38.9 Å². The Morgan fingerprint density at radius 3 is 2.81 bits per heavy atom. The van der Waals surface area contributed by atoms with Gasteiger partial charge in [0, 0.05) is 24.6 Å². The van der Waals surface area contributed by atoms with Crippen LogP contribution in [0.2, 0.25) is 0 Å². The summed E-state index contributed by atoms with van der Waals surface area (Å²) >= 11 is 5.53. The number of ether oxygens (including phenoxy) is 1. The van der Waals surface area contributed by atoms with Crippen LogP contribution in [0.1, 0.15) is 50.2 Å². The Bertz CT molecular complexity index is 775. The average molecular weight is 372 g/mol. The summed E-state index contributed by atoms with van der Waals surface area (Å²) in [7, 11) is 0. The molecule has 2 aromatic rings. The highest BCUT2D eigenvalue weighted by atomic mass is 32.1. The van der Waals surface area contributed by atoms with E-state index in [1.807, 2.05) is 23.1 Å². The first-order valence-electron chi connectivity index (χ1n) is 8.82. The molecule has 1 fully saturated rings. The normalized spacial score (nSPS) is 19.7. The number of carbonyl (C=O) groups excluding carboxylic acids is 1. The minimum Gasteiger partial charge on any atom is -0.465 e. The fourth-order valence-corrected chi connectivity index (χ4v) is 3.52. The summed E-state index contributed by atoms with van der Waals surface area (Å²) in [5, 5.41) is 3.87. The summed E-state index contributed by atoms with van der Waals surface area (Å²) in [4.78, 5) is 18.5. The third kappa shape index (κ3) is 3.72. The molecule has 1 aliphatic rings. The molecular weight excluding hydrogens is 348 g/mol. The monoisotopic (exact) mass is 372 g/mol. The lowest BCUT2D eigenvalue weighted by atomic mass is 9.99. The fraction of sp³-hybridized carbons (Fsp3) is 0.421. The predicted octanol–water partition coefficient (Wildman–Crippen LogP) is 3.00. The molecule has 26 heavy (non-hydrogen) atoms. The predicted molar refractivity (Wildman–Crippen MR) is 104 cm³/mol. The van der Waals surface area contributed by atoms with Crippen LogP contribution in [0, 0.1) is 0 Å². The summed E-state index contributed by atoms with van der Waals surface area (Å²) in [6.45, 7) is 6.53. The molecule has 3 rings (SSSR count). The first kappa shape index (κ1) is 18.4. The molecule has 0 unspecified atom stereocenters. The van der Waals surface area contributed by atoms with E-state index in [9.17, 15) is 4.79 Å². The molecule has 6 nitrogen and oxygen atoms in total. The highest BCUT2D eigenvalue weighted by Crippen LogP contribution is 2.38.